The molecular weight excluding hydrogens is 488 g/mol. The Morgan fingerprint density at radius 3 is 1.82 bits per heavy atom. The average Bonchev–Trinajstić information content (AvgIpc) is 2.90. The van der Waals surface area contributed by atoms with Gasteiger partial charge in [0.15, 0.2) is 6.10 Å². The lowest BCUT2D eigenvalue weighted by Crippen LogP contribution is -2.54. The molecule has 9 nitrogen and oxygen atoms in total. The van der Waals surface area contributed by atoms with Gasteiger partial charge in [-0.25, -0.2) is 4.79 Å². The first kappa shape index (κ1) is 36.3. The largest absolute Gasteiger partial charge is 0.479 e. The van der Waals surface area contributed by atoms with Gasteiger partial charge in [-0.15, -0.1) is 0 Å². The van der Waals surface area contributed by atoms with Crippen molar-refractivity contribution in [1.82, 2.24) is 5.32 Å². The fourth-order valence-corrected chi connectivity index (χ4v) is 4.53. The summed E-state index contributed by atoms with van der Waals surface area (Å²) in [5.41, 5.74) is 6.20. The molecule has 0 saturated carbocycles. The molecule has 4 unspecified atom stereocenters. The van der Waals surface area contributed by atoms with E-state index >= 15 is 0 Å². The number of carboxylic acids is 1. The van der Waals surface area contributed by atoms with Crippen molar-refractivity contribution >= 4 is 17.9 Å². The van der Waals surface area contributed by atoms with Gasteiger partial charge in [0.25, 0.3) is 0 Å². The van der Waals surface area contributed by atoms with Crippen LogP contribution in [0.2, 0.25) is 0 Å². The second-order valence-electron chi connectivity index (χ2n) is 10.4. The average molecular weight is 545 g/mol. The van der Waals surface area contributed by atoms with E-state index in [1.54, 1.807) is 0 Å². The second-order valence-corrected chi connectivity index (χ2v) is 10.4. The summed E-state index contributed by atoms with van der Waals surface area (Å²) in [4.78, 5) is 36.0. The summed E-state index contributed by atoms with van der Waals surface area (Å²) in [5.74, 6) is -2.86. The van der Waals surface area contributed by atoms with E-state index < -0.39 is 36.1 Å². The SMILES string of the molecule is CCCCCCCCCC(CC(=O)OCCCC(N)CCCCCCCC)NC(C(=O)OC)C(O)C(=O)O. The van der Waals surface area contributed by atoms with Gasteiger partial charge in [-0.3, -0.25) is 14.9 Å². The normalized spacial score (nSPS) is 14.4. The highest BCUT2D eigenvalue weighted by atomic mass is 16.5. The summed E-state index contributed by atoms with van der Waals surface area (Å²) < 4.78 is 10.1. The van der Waals surface area contributed by atoms with Gasteiger partial charge in [0.05, 0.1) is 20.1 Å². The number of ether oxygens (including phenoxy) is 2. The van der Waals surface area contributed by atoms with Crippen molar-refractivity contribution in [3.05, 3.63) is 0 Å². The molecule has 0 bridgehead atoms. The molecule has 0 fully saturated rings. The number of esters is 2. The summed E-state index contributed by atoms with van der Waals surface area (Å²) in [6.07, 6.45) is 16.0. The predicted molar refractivity (Wildman–Crippen MR) is 150 cm³/mol. The third-order valence-electron chi connectivity index (χ3n) is 6.92. The molecule has 38 heavy (non-hydrogen) atoms. The number of hydrogen-bond acceptors (Lipinski definition) is 8. The van der Waals surface area contributed by atoms with Crippen LogP contribution in [0, 0.1) is 0 Å². The molecule has 0 heterocycles. The van der Waals surface area contributed by atoms with Gasteiger partial charge in [0.2, 0.25) is 0 Å². The molecule has 0 saturated heterocycles. The van der Waals surface area contributed by atoms with Crippen LogP contribution in [-0.2, 0) is 23.9 Å². The molecule has 0 aromatic carbocycles. The Morgan fingerprint density at radius 1 is 0.789 bits per heavy atom. The van der Waals surface area contributed by atoms with Crippen LogP contribution in [0.1, 0.15) is 129 Å². The number of methoxy groups -OCH3 is 1. The standard InChI is InChI=1S/C29H56N2O7/c1-4-6-8-10-12-14-16-20-24(31-26(29(36)37-3)27(33)28(34)35)22-25(32)38-21-17-19-23(30)18-15-13-11-9-7-5-2/h23-24,26-27,31,33H,4-22,30H2,1-3H3,(H,34,35). The first-order chi connectivity index (χ1) is 18.3. The van der Waals surface area contributed by atoms with E-state index in [2.05, 4.69) is 23.9 Å². The number of carbonyl (C=O) groups is 3. The minimum Gasteiger partial charge on any atom is -0.479 e. The van der Waals surface area contributed by atoms with Gasteiger partial charge in [-0.2, -0.15) is 0 Å². The van der Waals surface area contributed by atoms with Crippen molar-refractivity contribution in [2.75, 3.05) is 13.7 Å². The zero-order chi connectivity index (χ0) is 28.6. The molecule has 9 heteroatoms. The first-order valence-corrected chi connectivity index (χ1v) is 14.9. The number of aliphatic carboxylic acids is 1. The number of hydrogen-bond donors (Lipinski definition) is 4. The van der Waals surface area contributed by atoms with E-state index in [0.717, 1.165) is 52.1 Å². The molecule has 0 spiro atoms. The van der Waals surface area contributed by atoms with Crippen LogP contribution in [0.25, 0.3) is 0 Å². The minimum atomic E-state index is -1.98. The van der Waals surface area contributed by atoms with Crippen LogP contribution < -0.4 is 11.1 Å². The molecule has 5 N–H and O–H groups in total. The molecule has 0 rings (SSSR count). The van der Waals surface area contributed by atoms with E-state index in [4.69, 9.17) is 10.5 Å². The number of nitrogens with one attached hydrogen (secondary N) is 1. The highest BCUT2D eigenvalue weighted by molar-refractivity contribution is 5.85. The van der Waals surface area contributed by atoms with Crippen LogP contribution in [0.15, 0.2) is 0 Å². The molecule has 4 atom stereocenters. The number of nitrogens with two attached hydrogens (primary N) is 1. The number of aliphatic hydroxyl groups excluding tert-OH is 1. The quantitative estimate of drug-likeness (QED) is 0.0884. The number of carboxylic acid groups (broad SMARTS) is 1. The minimum absolute atomic E-state index is 0.0283. The zero-order valence-electron chi connectivity index (χ0n) is 24.3. The maximum Gasteiger partial charge on any atom is 0.334 e. The number of aliphatic hydroxyl groups is 1. The van der Waals surface area contributed by atoms with Crippen molar-refractivity contribution in [2.24, 2.45) is 5.73 Å². The second kappa shape index (κ2) is 24.3. The van der Waals surface area contributed by atoms with Gasteiger partial charge in [0, 0.05) is 12.1 Å². The lowest BCUT2D eigenvalue weighted by atomic mass is 10.0. The van der Waals surface area contributed by atoms with E-state index in [1.807, 2.05) is 0 Å². The summed E-state index contributed by atoms with van der Waals surface area (Å²) >= 11 is 0. The highest BCUT2D eigenvalue weighted by Crippen LogP contribution is 2.14. The van der Waals surface area contributed by atoms with E-state index in [9.17, 15) is 24.6 Å². The molecular formula is C29H56N2O7. The molecule has 0 radical (unpaired) electrons. The van der Waals surface area contributed by atoms with Crippen LogP contribution in [-0.4, -0.2) is 66.1 Å². The van der Waals surface area contributed by atoms with Crippen molar-refractivity contribution in [1.29, 1.82) is 0 Å². The van der Waals surface area contributed by atoms with Gasteiger partial charge in [0.1, 0.15) is 6.04 Å². The summed E-state index contributed by atoms with van der Waals surface area (Å²) in [5, 5.41) is 22.1. The van der Waals surface area contributed by atoms with Crippen LogP contribution in [0.4, 0.5) is 0 Å². The fourth-order valence-electron chi connectivity index (χ4n) is 4.53. The molecule has 0 aliphatic carbocycles. The van der Waals surface area contributed by atoms with Crippen molar-refractivity contribution in [2.45, 2.75) is 154 Å². The van der Waals surface area contributed by atoms with E-state index in [1.165, 1.54) is 51.4 Å². The Kier molecular flexibility index (Phi) is 23.2. The molecule has 0 amide bonds. The van der Waals surface area contributed by atoms with E-state index in [-0.39, 0.29) is 19.1 Å². The number of carbonyl (C=O) groups excluding carboxylic acids is 2. The van der Waals surface area contributed by atoms with Gasteiger partial charge in [-0.05, 0) is 25.7 Å². The van der Waals surface area contributed by atoms with Crippen LogP contribution >= 0.6 is 0 Å². The number of unbranched alkanes of at least 4 members (excludes halogenated alkanes) is 11. The lowest BCUT2D eigenvalue weighted by molar-refractivity contribution is -0.158. The summed E-state index contributed by atoms with van der Waals surface area (Å²) in [7, 11) is 1.13. The zero-order valence-corrected chi connectivity index (χ0v) is 24.3. The highest BCUT2D eigenvalue weighted by Gasteiger charge is 2.35. The molecule has 0 aromatic rings. The smallest absolute Gasteiger partial charge is 0.334 e. The molecule has 224 valence electrons. The maximum atomic E-state index is 12.5. The van der Waals surface area contributed by atoms with Crippen molar-refractivity contribution < 1.29 is 34.1 Å². The van der Waals surface area contributed by atoms with Crippen LogP contribution in [0.3, 0.4) is 0 Å². The number of rotatable bonds is 26. The van der Waals surface area contributed by atoms with Crippen molar-refractivity contribution in [3.63, 3.8) is 0 Å². The van der Waals surface area contributed by atoms with Gasteiger partial charge >= 0.3 is 17.9 Å². The molecule has 0 aliphatic rings. The Balaban J connectivity index is 4.63. The topological polar surface area (TPSA) is 148 Å². The monoisotopic (exact) mass is 544 g/mol. The molecule has 0 aliphatic heterocycles. The first-order valence-electron chi connectivity index (χ1n) is 14.9. The lowest BCUT2D eigenvalue weighted by Gasteiger charge is -2.25. The summed E-state index contributed by atoms with van der Waals surface area (Å²) in [6, 6.07) is -1.89. The third-order valence-corrected chi connectivity index (χ3v) is 6.92. The maximum absolute atomic E-state index is 12.5. The van der Waals surface area contributed by atoms with Gasteiger partial charge < -0.3 is 25.4 Å². The predicted octanol–water partition coefficient (Wildman–Crippen LogP) is 4.86. The Labute approximate surface area is 230 Å². The fraction of sp³-hybridized carbons (Fsp3) is 0.897. The third kappa shape index (κ3) is 19.4. The molecule has 0 aromatic heterocycles. The van der Waals surface area contributed by atoms with Crippen molar-refractivity contribution in [3.8, 4) is 0 Å². The Hall–Kier alpha value is -1.71. The van der Waals surface area contributed by atoms with E-state index in [0.29, 0.717) is 12.8 Å². The summed E-state index contributed by atoms with van der Waals surface area (Å²) in [6.45, 7) is 4.65. The Morgan fingerprint density at radius 2 is 1.29 bits per heavy atom. The van der Waals surface area contributed by atoms with Gasteiger partial charge in [-0.1, -0.05) is 97.3 Å². The van der Waals surface area contributed by atoms with Crippen LogP contribution in [0.5, 0.6) is 0 Å². The Bertz CT molecular complexity index is 618.